The van der Waals surface area contributed by atoms with Crippen LogP contribution < -0.4 is 5.73 Å². The van der Waals surface area contributed by atoms with Gasteiger partial charge in [-0.15, -0.1) is 0 Å². The Morgan fingerprint density at radius 3 is 2.55 bits per heavy atom. The first-order valence-electron chi connectivity index (χ1n) is 6.96. The molecule has 1 unspecified atom stereocenters. The summed E-state index contributed by atoms with van der Waals surface area (Å²) in [7, 11) is 0. The molecule has 0 radical (unpaired) electrons. The second kappa shape index (κ2) is 6.16. The maximum Gasteiger partial charge on any atom is 0.0566 e. The van der Waals surface area contributed by atoms with Crippen molar-refractivity contribution in [3.05, 3.63) is 67.2 Å². The van der Waals surface area contributed by atoms with Gasteiger partial charge in [0.1, 0.15) is 0 Å². The molecule has 0 bridgehead atoms. The van der Waals surface area contributed by atoms with Crippen molar-refractivity contribution >= 4 is 38.5 Å². The van der Waals surface area contributed by atoms with E-state index in [9.17, 15) is 0 Å². The van der Waals surface area contributed by atoms with Gasteiger partial charge in [-0.1, -0.05) is 46.6 Å². The molecular weight excluding hydrogens is 425 g/mol. The van der Waals surface area contributed by atoms with E-state index in [4.69, 9.17) is 5.73 Å². The van der Waals surface area contributed by atoms with Crippen molar-refractivity contribution in [3.8, 4) is 0 Å². The number of hydrogen-bond donors (Lipinski definition) is 1. The smallest absolute Gasteiger partial charge is 0.0566 e. The highest BCUT2D eigenvalue weighted by Crippen LogP contribution is 2.40. The summed E-state index contributed by atoms with van der Waals surface area (Å²) in [5, 5.41) is 0. The molecule has 0 saturated heterocycles. The molecule has 1 aliphatic rings. The van der Waals surface area contributed by atoms with Gasteiger partial charge in [-0.05, 0) is 76.2 Å². The van der Waals surface area contributed by atoms with Gasteiger partial charge in [0.05, 0.1) is 6.04 Å². The van der Waals surface area contributed by atoms with Gasteiger partial charge in [0.2, 0.25) is 0 Å². The molecule has 20 heavy (non-hydrogen) atoms. The molecule has 1 saturated carbocycles. The summed E-state index contributed by atoms with van der Waals surface area (Å²) in [6, 6.07) is 15.0. The van der Waals surface area contributed by atoms with Gasteiger partial charge in [0.15, 0.2) is 0 Å². The molecule has 2 N–H and O–H groups in total. The molecule has 0 aromatic heterocycles. The minimum Gasteiger partial charge on any atom is -0.320 e. The second-order valence-electron chi connectivity index (χ2n) is 5.40. The van der Waals surface area contributed by atoms with E-state index in [1.165, 1.54) is 39.5 Å². The van der Waals surface area contributed by atoms with E-state index in [1.54, 1.807) is 0 Å². The summed E-state index contributed by atoms with van der Waals surface area (Å²) in [6.45, 7) is 0. The highest BCUT2D eigenvalue weighted by atomic mass is 127. The summed E-state index contributed by atoms with van der Waals surface area (Å²) in [5.41, 5.74) is 10.5. The molecule has 2 aromatic carbocycles. The molecule has 3 heteroatoms. The maximum atomic E-state index is 6.57. The highest BCUT2D eigenvalue weighted by molar-refractivity contribution is 14.1. The summed E-state index contributed by atoms with van der Waals surface area (Å²) < 4.78 is 2.31. The zero-order valence-electron chi connectivity index (χ0n) is 11.2. The van der Waals surface area contributed by atoms with E-state index in [1.807, 2.05) is 0 Å². The van der Waals surface area contributed by atoms with E-state index < -0.39 is 0 Å². The predicted octanol–water partition coefficient (Wildman–Crippen LogP) is 5.37. The fraction of sp³-hybridized carbons (Fsp3) is 0.294. The third-order valence-corrected chi connectivity index (χ3v) is 5.56. The fourth-order valence-corrected chi connectivity index (χ4v) is 3.81. The summed E-state index contributed by atoms with van der Waals surface area (Å²) in [6.07, 6.45) is 3.95. The second-order valence-corrected chi connectivity index (χ2v) is 7.50. The van der Waals surface area contributed by atoms with Crippen LogP contribution in [0.4, 0.5) is 0 Å². The van der Waals surface area contributed by atoms with Crippen LogP contribution in [0.1, 0.15) is 47.9 Å². The van der Waals surface area contributed by atoms with Gasteiger partial charge in [-0.2, -0.15) is 0 Å². The molecule has 0 heterocycles. The molecule has 1 atom stereocenters. The monoisotopic (exact) mass is 441 g/mol. The summed E-state index contributed by atoms with van der Waals surface area (Å²) in [5.74, 6) is 0.707. The average Bonchev–Trinajstić information content (AvgIpc) is 2.39. The van der Waals surface area contributed by atoms with E-state index in [0.29, 0.717) is 5.92 Å². The minimum atomic E-state index is -0.0594. The third-order valence-electron chi connectivity index (χ3n) is 4.17. The Bertz CT molecular complexity index is 622. The first kappa shape index (κ1) is 14.5. The normalized spacial score (nSPS) is 16.8. The van der Waals surface area contributed by atoms with E-state index in [0.717, 1.165) is 4.47 Å². The lowest BCUT2D eigenvalue weighted by Crippen LogP contribution is -2.18. The summed E-state index contributed by atoms with van der Waals surface area (Å²) >= 11 is 5.98. The van der Waals surface area contributed by atoms with Gasteiger partial charge >= 0.3 is 0 Å². The molecule has 1 aliphatic carbocycles. The van der Waals surface area contributed by atoms with Crippen molar-refractivity contribution in [1.82, 2.24) is 0 Å². The fourth-order valence-electron chi connectivity index (χ4n) is 2.81. The highest BCUT2D eigenvalue weighted by Gasteiger charge is 2.24. The molecule has 104 valence electrons. The van der Waals surface area contributed by atoms with Crippen molar-refractivity contribution in [2.45, 2.75) is 31.2 Å². The van der Waals surface area contributed by atoms with E-state index in [-0.39, 0.29) is 6.04 Å². The zero-order valence-corrected chi connectivity index (χ0v) is 14.9. The number of rotatable bonds is 3. The molecule has 0 spiro atoms. The average molecular weight is 442 g/mol. The third kappa shape index (κ3) is 2.81. The number of hydrogen-bond acceptors (Lipinski definition) is 1. The molecule has 0 amide bonds. The van der Waals surface area contributed by atoms with Gasteiger partial charge in [-0.25, -0.2) is 0 Å². The van der Waals surface area contributed by atoms with Crippen molar-refractivity contribution in [2.75, 3.05) is 0 Å². The Hall–Kier alpha value is -0.390. The Kier molecular flexibility index (Phi) is 4.48. The lowest BCUT2D eigenvalue weighted by molar-refractivity contribution is 0.416. The first-order chi connectivity index (χ1) is 9.66. The quantitative estimate of drug-likeness (QED) is 0.636. The van der Waals surface area contributed by atoms with Crippen LogP contribution in [0.3, 0.4) is 0 Å². The van der Waals surface area contributed by atoms with E-state index >= 15 is 0 Å². The van der Waals surface area contributed by atoms with Crippen molar-refractivity contribution in [3.63, 3.8) is 0 Å². The molecular formula is C17H17BrIN. The SMILES string of the molecule is NC(c1cc(I)ccc1Br)c1ccccc1C1CCC1. The van der Waals surface area contributed by atoms with Crippen molar-refractivity contribution in [2.24, 2.45) is 5.73 Å². The molecule has 1 fully saturated rings. The minimum absolute atomic E-state index is 0.0594. The zero-order chi connectivity index (χ0) is 14.1. The Morgan fingerprint density at radius 1 is 1.10 bits per heavy atom. The predicted molar refractivity (Wildman–Crippen MR) is 95.9 cm³/mol. The van der Waals surface area contributed by atoms with Crippen LogP contribution in [-0.2, 0) is 0 Å². The van der Waals surface area contributed by atoms with Gasteiger partial charge < -0.3 is 5.73 Å². The van der Waals surface area contributed by atoms with Crippen molar-refractivity contribution in [1.29, 1.82) is 0 Å². The lowest BCUT2D eigenvalue weighted by atomic mass is 9.76. The van der Waals surface area contributed by atoms with Crippen LogP contribution in [0.15, 0.2) is 46.9 Å². The Morgan fingerprint density at radius 2 is 1.85 bits per heavy atom. The lowest BCUT2D eigenvalue weighted by Gasteiger charge is -2.30. The molecule has 0 aliphatic heterocycles. The first-order valence-corrected chi connectivity index (χ1v) is 8.83. The van der Waals surface area contributed by atoms with Crippen LogP contribution in [0, 0.1) is 3.57 Å². The van der Waals surface area contributed by atoms with Crippen LogP contribution in [-0.4, -0.2) is 0 Å². The van der Waals surface area contributed by atoms with Crippen LogP contribution >= 0.6 is 38.5 Å². The molecule has 3 rings (SSSR count). The maximum absolute atomic E-state index is 6.57. The van der Waals surface area contributed by atoms with Crippen LogP contribution in [0.5, 0.6) is 0 Å². The van der Waals surface area contributed by atoms with Crippen molar-refractivity contribution < 1.29 is 0 Å². The molecule has 1 nitrogen and oxygen atoms in total. The number of nitrogens with two attached hydrogens (primary N) is 1. The standard InChI is InChI=1S/C17H17BrIN/c18-16-9-8-12(19)10-15(16)17(20)14-7-2-1-6-13(14)11-4-3-5-11/h1-2,6-11,17H,3-5,20H2. The van der Waals surface area contributed by atoms with Gasteiger partial charge in [0.25, 0.3) is 0 Å². The van der Waals surface area contributed by atoms with E-state index in [2.05, 4.69) is 81.0 Å². The Balaban J connectivity index is 2.01. The van der Waals surface area contributed by atoms with Gasteiger partial charge in [0, 0.05) is 8.04 Å². The largest absolute Gasteiger partial charge is 0.320 e. The number of halogens is 2. The summed E-state index contributed by atoms with van der Waals surface area (Å²) in [4.78, 5) is 0. The number of benzene rings is 2. The van der Waals surface area contributed by atoms with Crippen LogP contribution in [0.2, 0.25) is 0 Å². The topological polar surface area (TPSA) is 26.0 Å². The van der Waals surface area contributed by atoms with Crippen LogP contribution in [0.25, 0.3) is 0 Å². The molecule has 2 aromatic rings. The van der Waals surface area contributed by atoms with Gasteiger partial charge in [-0.3, -0.25) is 0 Å². The Labute approximate surface area is 142 Å².